The Morgan fingerprint density at radius 3 is 2.56 bits per heavy atom. The average molecular weight is 270 g/mol. The summed E-state index contributed by atoms with van der Waals surface area (Å²) in [7, 11) is 0. The van der Waals surface area contributed by atoms with Crippen LogP contribution in [0, 0.1) is 5.41 Å². The van der Waals surface area contributed by atoms with E-state index in [-0.39, 0.29) is 17.9 Å². The van der Waals surface area contributed by atoms with Crippen LogP contribution in [0.1, 0.15) is 31.2 Å². The van der Waals surface area contributed by atoms with Gasteiger partial charge in [-0.25, -0.2) is 0 Å². The number of aliphatic hydroxyl groups excluding tert-OH is 1. The third kappa shape index (κ3) is 4.67. The van der Waals surface area contributed by atoms with E-state index < -0.39 is 5.38 Å². The van der Waals surface area contributed by atoms with Gasteiger partial charge in [0.05, 0.1) is 0 Å². The monoisotopic (exact) mass is 269 g/mol. The number of hydrogen-bond acceptors (Lipinski definition) is 2. The van der Waals surface area contributed by atoms with Crippen molar-refractivity contribution in [3.05, 3.63) is 35.9 Å². The molecule has 0 fully saturated rings. The molecule has 0 bridgehead atoms. The standard InChI is InChI=1S/C14H20ClNO2/c1-14(2,8-9-17)10-16-13(18)12(15)11-6-4-3-5-7-11/h3-7,12,17H,8-10H2,1-2H3,(H,16,18). The highest BCUT2D eigenvalue weighted by atomic mass is 35.5. The Morgan fingerprint density at radius 1 is 1.39 bits per heavy atom. The molecule has 0 aromatic heterocycles. The molecular weight excluding hydrogens is 250 g/mol. The first-order valence-corrected chi connectivity index (χ1v) is 6.47. The zero-order valence-corrected chi connectivity index (χ0v) is 11.6. The first kappa shape index (κ1) is 15.0. The Balaban J connectivity index is 2.51. The van der Waals surface area contributed by atoms with E-state index in [1.807, 2.05) is 44.2 Å². The summed E-state index contributed by atoms with van der Waals surface area (Å²) in [6, 6.07) is 9.25. The maximum absolute atomic E-state index is 11.9. The SMILES string of the molecule is CC(C)(CCO)CNC(=O)C(Cl)c1ccccc1. The number of amides is 1. The van der Waals surface area contributed by atoms with Gasteiger partial charge >= 0.3 is 0 Å². The molecule has 0 heterocycles. The number of rotatable bonds is 6. The van der Waals surface area contributed by atoms with Crippen molar-refractivity contribution in [1.82, 2.24) is 5.32 Å². The van der Waals surface area contributed by atoms with E-state index in [2.05, 4.69) is 5.32 Å². The van der Waals surface area contributed by atoms with Crippen LogP contribution in [0.2, 0.25) is 0 Å². The van der Waals surface area contributed by atoms with Crippen LogP contribution >= 0.6 is 11.6 Å². The second kappa shape index (κ2) is 6.76. The Hall–Kier alpha value is -1.06. The molecule has 3 nitrogen and oxygen atoms in total. The van der Waals surface area contributed by atoms with Gasteiger partial charge in [-0.1, -0.05) is 44.2 Å². The van der Waals surface area contributed by atoms with Gasteiger partial charge in [0.15, 0.2) is 0 Å². The van der Waals surface area contributed by atoms with Gasteiger partial charge in [0, 0.05) is 13.2 Å². The van der Waals surface area contributed by atoms with E-state index in [0.29, 0.717) is 13.0 Å². The molecule has 0 radical (unpaired) electrons. The minimum Gasteiger partial charge on any atom is -0.396 e. The molecule has 1 amide bonds. The molecule has 0 saturated heterocycles. The van der Waals surface area contributed by atoms with Crippen LogP contribution in [0.25, 0.3) is 0 Å². The molecule has 0 saturated carbocycles. The van der Waals surface area contributed by atoms with Crippen LogP contribution in [0.3, 0.4) is 0 Å². The normalized spacial score (nSPS) is 13.1. The Morgan fingerprint density at radius 2 is 2.00 bits per heavy atom. The number of nitrogens with one attached hydrogen (secondary N) is 1. The van der Waals surface area contributed by atoms with Crippen molar-refractivity contribution in [2.24, 2.45) is 5.41 Å². The summed E-state index contributed by atoms with van der Waals surface area (Å²) >= 11 is 6.10. The third-order valence-electron chi connectivity index (χ3n) is 2.85. The molecule has 0 aliphatic heterocycles. The predicted molar refractivity (Wildman–Crippen MR) is 73.5 cm³/mol. The molecule has 1 aromatic carbocycles. The number of alkyl halides is 1. The molecule has 100 valence electrons. The molecule has 1 aromatic rings. The van der Waals surface area contributed by atoms with Gasteiger partial charge in [-0.3, -0.25) is 4.79 Å². The Bertz CT molecular complexity index is 379. The Labute approximate surface area is 113 Å². The summed E-state index contributed by atoms with van der Waals surface area (Å²) in [5.74, 6) is -0.200. The first-order chi connectivity index (χ1) is 8.46. The van der Waals surface area contributed by atoms with Crippen LogP contribution in [-0.2, 0) is 4.79 Å². The smallest absolute Gasteiger partial charge is 0.242 e. The minimum atomic E-state index is -0.670. The van der Waals surface area contributed by atoms with Crippen LogP contribution < -0.4 is 5.32 Å². The summed E-state index contributed by atoms with van der Waals surface area (Å²) in [5.41, 5.74) is 0.661. The fourth-order valence-corrected chi connectivity index (χ4v) is 1.80. The van der Waals surface area contributed by atoms with E-state index in [9.17, 15) is 4.79 Å². The van der Waals surface area contributed by atoms with Crippen molar-refractivity contribution >= 4 is 17.5 Å². The molecular formula is C14H20ClNO2. The molecule has 1 rings (SSSR count). The summed E-state index contributed by atoms with van der Waals surface area (Å²) in [6.07, 6.45) is 0.644. The number of aliphatic hydroxyl groups is 1. The third-order valence-corrected chi connectivity index (χ3v) is 3.30. The van der Waals surface area contributed by atoms with Gasteiger partial charge in [-0.05, 0) is 17.4 Å². The fraction of sp³-hybridized carbons (Fsp3) is 0.500. The van der Waals surface area contributed by atoms with Gasteiger partial charge in [-0.15, -0.1) is 11.6 Å². The summed E-state index contributed by atoms with van der Waals surface area (Å²) in [6.45, 7) is 4.61. The van der Waals surface area contributed by atoms with Gasteiger partial charge in [0.2, 0.25) is 5.91 Å². The van der Waals surface area contributed by atoms with E-state index >= 15 is 0 Å². The van der Waals surface area contributed by atoms with Crippen LogP contribution in [0.5, 0.6) is 0 Å². The zero-order valence-electron chi connectivity index (χ0n) is 10.8. The summed E-state index contributed by atoms with van der Waals surface area (Å²) < 4.78 is 0. The lowest BCUT2D eigenvalue weighted by Gasteiger charge is -2.24. The van der Waals surface area contributed by atoms with E-state index in [1.165, 1.54) is 0 Å². The minimum absolute atomic E-state index is 0.117. The highest BCUT2D eigenvalue weighted by Crippen LogP contribution is 2.22. The van der Waals surface area contributed by atoms with Crippen molar-refractivity contribution in [2.75, 3.05) is 13.2 Å². The molecule has 1 unspecified atom stereocenters. The number of hydrogen-bond donors (Lipinski definition) is 2. The van der Waals surface area contributed by atoms with E-state index in [1.54, 1.807) is 0 Å². The van der Waals surface area contributed by atoms with Crippen molar-refractivity contribution in [3.63, 3.8) is 0 Å². The van der Waals surface area contributed by atoms with E-state index in [4.69, 9.17) is 16.7 Å². The lowest BCUT2D eigenvalue weighted by molar-refractivity contribution is -0.121. The largest absolute Gasteiger partial charge is 0.396 e. The summed E-state index contributed by atoms with van der Waals surface area (Å²) in [5, 5.41) is 11.1. The zero-order chi connectivity index (χ0) is 13.6. The molecule has 2 N–H and O–H groups in total. The quantitative estimate of drug-likeness (QED) is 0.780. The highest BCUT2D eigenvalue weighted by molar-refractivity contribution is 6.30. The molecule has 4 heteroatoms. The second-order valence-corrected chi connectivity index (χ2v) is 5.57. The van der Waals surface area contributed by atoms with E-state index in [0.717, 1.165) is 5.56 Å². The van der Waals surface area contributed by atoms with Gasteiger partial charge in [0.25, 0.3) is 0 Å². The first-order valence-electron chi connectivity index (χ1n) is 6.04. The van der Waals surface area contributed by atoms with Crippen LogP contribution in [0.15, 0.2) is 30.3 Å². The van der Waals surface area contributed by atoms with Crippen LogP contribution in [0.4, 0.5) is 0 Å². The van der Waals surface area contributed by atoms with Crippen molar-refractivity contribution < 1.29 is 9.90 Å². The van der Waals surface area contributed by atoms with Crippen LogP contribution in [-0.4, -0.2) is 24.2 Å². The maximum atomic E-state index is 11.9. The van der Waals surface area contributed by atoms with Gasteiger partial charge in [0.1, 0.15) is 5.38 Å². The van der Waals surface area contributed by atoms with Crippen molar-refractivity contribution in [1.29, 1.82) is 0 Å². The lowest BCUT2D eigenvalue weighted by atomic mass is 9.89. The number of carbonyl (C=O) groups is 1. The molecule has 0 aliphatic rings. The van der Waals surface area contributed by atoms with Gasteiger partial charge in [-0.2, -0.15) is 0 Å². The summed E-state index contributed by atoms with van der Waals surface area (Å²) in [4.78, 5) is 11.9. The molecule has 18 heavy (non-hydrogen) atoms. The molecule has 0 spiro atoms. The number of benzene rings is 1. The average Bonchev–Trinajstić information content (AvgIpc) is 2.36. The second-order valence-electron chi connectivity index (χ2n) is 5.13. The lowest BCUT2D eigenvalue weighted by Crippen LogP contribution is -2.36. The van der Waals surface area contributed by atoms with Crippen molar-refractivity contribution in [3.8, 4) is 0 Å². The molecule has 1 atom stereocenters. The Kier molecular flexibility index (Phi) is 5.63. The van der Waals surface area contributed by atoms with Crippen molar-refractivity contribution in [2.45, 2.75) is 25.6 Å². The maximum Gasteiger partial charge on any atom is 0.242 e. The number of halogens is 1. The topological polar surface area (TPSA) is 49.3 Å². The number of carbonyl (C=O) groups excluding carboxylic acids is 1. The van der Waals surface area contributed by atoms with Gasteiger partial charge < -0.3 is 10.4 Å². The fourth-order valence-electron chi connectivity index (χ4n) is 1.58. The highest BCUT2D eigenvalue weighted by Gasteiger charge is 2.22. The molecule has 0 aliphatic carbocycles. The predicted octanol–water partition coefficient (Wildman–Crippen LogP) is 2.49.